The van der Waals surface area contributed by atoms with E-state index in [9.17, 15) is 17.6 Å². The van der Waals surface area contributed by atoms with Crippen LogP contribution in [-0.2, 0) is 14.8 Å². The van der Waals surface area contributed by atoms with Crippen molar-refractivity contribution in [3.8, 4) is 0 Å². The van der Waals surface area contributed by atoms with Gasteiger partial charge in [0, 0.05) is 24.7 Å². The molecule has 1 amide bonds. The molecule has 1 aliphatic rings. The van der Waals surface area contributed by atoms with Gasteiger partial charge in [-0.25, -0.2) is 12.8 Å². The Morgan fingerprint density at radius 3 is 2.39 bits per heavy atom. The van der Waals surface area contributed by atoms with Crippen molar-refractivity contribution >= 4 is 21.6 Å². The summed E-state index contributed by atoms with van der Waals surface area (Å²) in [6.07, 6.45) is 2.33. The van der Waals surface area contributed by atoms with Crippen LogP contribution in [0.15, 0.2) is 47.4 Å². The number of rotatable bonds is 5. The molecule has 1 N–H and O–H groups in total. The van der Waals surface area contributed by atoms with Gasteiger partial charge in [0.15, 0.2) is 0 Å². The maximum atomic E-state index is 13.2. The van der Waals surface area contributed by atoms with Gasteiger partial charge in [-0.3, -0.25) is 4.79 Å². The number of anilines is 1. The summed E-state index contributed by atoms with van der Waals surface area (Å²) in [6.45, 7) is 4.21. The zero-order valence-electron chi connectivity index (χ0n) is 16.1. The number of aryl methyl sites for hydroxylation is 2. The Hall–Kier alpha value is -2.25. The van der Waals surface area contributed by atoms with E-state index in [4.69, 9.17) is 0 Å². The first kappa shape index (κ1) is 20.5. The van der Waals surface area contributed by atoms with Gasteiger partial charge in [0.1, 0.15) is 5.82 Å². The molecule has 5 nitrogen and oxygen atoms in total. The Morgan fingerprint density at radius 1 is 1.11 bits per heavy atom. The molecule has 7 heteroatoms. The molecule has 2 aromatic carbocycles. The van der Waals surface area contributed by atoms with E-state index >= 15 is 0 Å². The number of sulfonamides is 1. The highest BCUT2D eigenvalue weighted by atomic mass is 32.2. The number of nitrogens with zero attached hydrogens (tertiary/aromatic N) is 1. The molecule has 28 heavy (non-hydrogen) atoms. The molecule has 1 heterocycles. The number of amides is 1. The third-order valence-corrected chi connectivity index (χ3v) is 7.13. The summed E-state index contributed by atoms with van der Waals surface area (Å²) in [4.78, 5) is 12.7. The summed E-state index contributed by atoms with van der Waals surface area (Å²) >= 11 is 0. The molecule has 0 spiro atoms. The van der Waals surface area contributed by atoms with Gasteiger partial charge in [-0.1, -0.05) is 24.6 Å². The third-order valence-electron chi connectivity index (χ3n) is 5.16. The summed E-state index contributed by atoms with van der Waals surface area (Å²) in [5.41, 5.74) is 2.71. The van der Waals surface area contributed by atoms with Crippen molar-refractivity contribution < 1.29 is 17.6 Å². The van der Waals surface area contributed by atoms with Gasteiger partial charge in [0.2, 0.25) is 15.9 Å². The minimum absolute atomic E-state index is 0.0518. The third kappa shape index (κ3) is 4.42. The zero-order valence-corrected chi connectivity index (χ0v) is 16.9. The van der Waals surface area contributed by atoms with Gasteiger partial charge in [0.25, 0.3) is 0 Å². The Balaban J connectivity index is 1.78. The summed E-state index contributed by atoms with van der Waals surface area (Å²) in [7, 11) is -3.78. The van der Waals surface area contributed by atoms with E-state index in [-0.39, 0.29) is 17.2 Å². The number of nitrogens with one attached hydrogen (secondary N) is 1. The molecule has 0 bridgehead atoms. The second-order valence-electron chi connectivity index (χ2n) is 7.24. The molecule has 1 atom stereocenters. The van der Waals surface area contributed by atoms with Crippen LogP contribution >= 0.6 is 0 Å². The van der Waals surface area contributed by atoms with E-state index < -0.39 is 21.9 Å². The van der Waals surface area contributed by atoms with E-state index in [0.717, 1.165) is 41.8 Å². The lowest BCUT2D eigenvalue weighted by Gasteiger charge is -2.34. The van der Waals surface area contributed by atoms with Gasteiger partial charge in [-0.05, 0) is 62.1 Å². The summed E-state index contributed by atoms with van der Waals surface area (Å²) in [5, 5.41) is 2.94. The molecule has 0 radical (unpaired) electrons. The van der Waals surface area contributed by atoms with E-state index in [2.05, 4.69) is 5.32 Å². The molecule has 1 unspecified atom stereocenters. The van der Waals surface area contributed by atoms with Crippen LogP contribution in [0.2, 0.25) is 0 Å². The maximum Gasteiger partial charge on any atom is 0.243 e. The number of carbonyl (C=O) groups excluding carboxylic acids is 1. The highest BCUT2D eigenvalue weighted by Crippen LogP contribution is 2.28. The van der Waals surface area contributed by atoms with Crippen LogP contribution in [0.1, 0.15) is 36.8 Å². The van der Waals surface area contributed by atoms with E-state index in [1.807, 2.05) is 32.0 Å². The molecule has 0 aliphatic carbocycles. The van der Waals surface area contributed by atoms with Crippen molar-refractivity contribution in [2.45, 2.75) is 50.5 Å². The average Bonchev–Trinajstić information content (AvgIpc) is 2.65. The van der Waals surface area contributed by atoms with Crippen LogP contribution in [0.4, 0.5) is 10.1 Å². The lowest BCUT2D eigenvalue weighted by molar-refractivity contribution is -0.117. The minimum atomic E-state index is -3.78. The van der Waals surface area contributed by atoms with Crippen LogP contribution in [0.25, 0.3) is 0 Å². The van der Waals surface area contributed by atoms with Crippen molar-refractivity contribution in [3.63, 3.8) is 0 Å². The summed E-state index contributed by atoms with van der Waals surface area (Å²) < 4.78 is 40.6. The number of hydrogen-bond donors (Lipinski definition) is 1. The summed E-state index contributed by atoms with van der Waals surface area (Å²) in [5.74, 6) is -0.689. The van der Waals surface area contributed by atoms with E-state index in [1.165, 1.54) is 16.4 Å². The largest absolute Gasteiger partial charge is 0.326 e. The lowest BCUT2D eigenvalue weighted by Crippen LogP contribution is -2.45. The van der Waals surface area contributed by atoms with Gasteiger partial charge in [-0.15, -0.1) is 0 Å². The fraction of sp³-hybridized carbons (Fsp3) is 0.381. The number of carbonyl (C=O) groups is 1. The predicted octanol–water partition coefficient (Wildman–Crippen LogP) is 4.01. The smallest absolute Gasteiger partial charge is 0.243 e. The second kappa shape index (κ2) is 8.41. The van der Waals surface area contributed by atoms with Crippen LogP contribution in [0.3, 0.4) is 0 Å². The average molecular weight is 405 g/mol. The molecular formula is C21H25FN2O3S. The van der Waals surface area contributed by atoms with Gasteiger partial charge < -0.3 is 5.32 Å². The Morgan fingerprint density at radius 2 is 1.75 bits per heavy atom. The Kier molecular flexibility index (Phi) is 6.15. The van der Waals surface area contributed by atoms with Crippen molar-refractivity contribution in [2.75, 3.05) is 11.9 Å². The number of benzene rings is 2. The summed E-state index contributed by atoms with van der Waals surface area (Å²) in [6, 6.07) is 10.2. The van der Waals surface area contributed by atoms with Gasteiger partial charge in [-0.2, -0.15) is 4.31 Å². The SMILES string of the molecule is Cc1cccc(C)c1NC(=O)CC1CCCCN1S(=O)(=O)c1ccc(F)cc1. The molecule has 0 aromatic heterocycles. The number of piperidine rings is 1. The van der Waals surface area contributed by atoms with Crippen LogP contribution < -0.4 is 5.32 Å². The fourth-order valence-electron chi connectivity index (χ4n) is 3.65. The molecule has 2 aromatic rings. The van der Waals surface area contributed by atoms with Gasteiger partial charge >= 0.3 is 0 Å². The number of para-hydroxylation sites is 1. The van der Waals surface area contributed by atoms with Crippen molar-refractivity contribution in [2.24, 2.45) is 0 Å². The fourth-order valence-corrected chi connectivity index (χ4v) is 5.35. The maximum absolute atomic E-state index is 13.2. The topological polar surface area (TPSA) is 66.5 Å². The molecular weight excluding hydrogens is 379 g/mol. The monoisotopic (exact) mass is 404 g/mol. The first-order valence-electron chi connectivity index (χ1n) is 9.42. The zero-order chi connectivity index (χ0) is 20.3. The quantitative estimate of drug-likeness (QED) is 0.819. The van der Waals surface area contributed by atoms with Gasteiger partial charge in [0.05, 0.1) is 4.90 Å². The highest BCUT2D eigenvalue weighted by molar-refractivity contribution is 7.89. The van der Waals surface area contributed by atoms with Crippen molar-refractivity contribution in [3.05, 3.63) is 59.4 Å². The van der Waals surface area contributed by atoms with E-state index in [1.54, 1.807) is 0 Å². The Labute approximate surface area is 165 Å². The first-order valence-corrected chi connectivity index (χ1v) is 10.9. The first-order chi connectivity index (χ1) is 13.3. The minimum Gasteiger partial charge on any atom is -0.326 e. The lowest BCUT2D eigenvalue weighted by atomic mass is 10.0. The van der Waals surface area contributed by atoms with E-state index in [0.29, 0.717) is 13.0 Å². The number of hydrogen-bond acceptors (Lipinski definition) is 3. The van der Waals surface area contributed by atoms with Crippen LogP contribution in [0.5, 0.6) is 0 Å². The standard InChI is InChI=1S/C21H25FN2O3S/c1-15-6-5-7-16(2)21(15)23-20(25)14-18-8-3-4-13-24(18)28(26,27)19-11-9-17(22)10-12-19/h5-7,9-12,18H,3-4,8,13-14H2,1-2H3,(H,23,25). The van der Waals surface area contributed by atoms with Crippen molar-refractivity contribution in [1.82, 2.24) is 4.31 Å². The molecule has 0 saturated carbocycles. The Bertz CT molecular complexity index is 938. The highest BCUT2D eigenvalue weighted by Gasteiger charge is 2.34. The molecule has 3 rings (SSSR count). The number of halogens is 1. The molecule has 1 saturated heterocycles. The molecule has 150 valence electrons. The van der Waals surface area contributed by atoms with Crippen molar-refractivity contribution in [1.29, 1.82) is 0 Å². The van der Waals surface area contributed by atoms with Crippen LogP contribution in [0, 0.1) is 19.7 Å². The molecule has 1 fully saturated rings. The molecule has 1 aliphatic heterocycles. The van der Waals surface area contributed by atoms with Crippen LogP contribution in [-0.4, -0.2) is 31.2 Å². The normalized spacial score (nSPS) is 18.0. The predicted molar refractivity (Wildman–Crippen MR) is 107 cm³/mol. The second-order valence-corrected chi connectivity index (χ2v) is 9.13.